The normalized spacial score (nSPS) is 21.1. The van der Waals surface area contributed by atoms with E-state index in [1.807, 2.05) is 121 Å². The second-order valence-electron chi connectivity index (χ2n) is 11.9. The Morgan fingerprint density at radius 2 is 0.917 bits per heavy atom. The van der Waals surface area contributed by atoms with Crippen molar-refractivity contribution < 1.29 is 8.78 Å². The van der Waals surface area contributed by atoms with E-state index in [-0.39, 0.29) is 11.1 Å². The molecule has 2 aliphatic rings. The van der Waals surface area contributed by atoms with Crippen molar-refractivity contribution in [3.8, 4) is 0 Å². The van der Waals surface area contributed by atoms with E-state index in [9.17, 15) is 0 Å². The second kappa shape index (κ2) is 11.7. The Morgan fingerprint density at radius 1 is 0.458 bits per heavy atom. The van der Waals surface area contributed by atoms with E-state index >= 15 is 8.78 Å². The number of nitrogens with one attached hydrogen (secondary N) is 1. The first kappa shape index (κ1) is 29.5. The average Bonchev–Trinajstić information content (AvgIpc) is 3.77. The lowest BCUT2D eigenvalue weighted by Gasteiger charge is -2.44. The Kier molecular flexibility index (Phi) is 7.23. The molecule has 0 bridgehead atoms. The van der Waals surface area contributed by atoms with Gasteiger partial charge < -0.3 is 0 Å². The molecule has 0 amide bonds. The molecule has 1 N–H and O–H groups in total. The molecule has 232 valence electrons. The number of halogens is 2. The first-order valence-electron chi connectivity index (χ1n) is 15.8. The molecule has 0 radical (unpaired) electrons. The topological polar surface area (TPSA) is 49.1 Å². The van der Waals surface area contributed by atoms with E-state index in [0.29, 0.717) is 11.4 Å². The zero-order valence-corrected chi connectivity index (χ0v) is 25.8. The summed E-state index contributed by atoms with van der Waals surface area (Å²) in [6, 6.07) is 52.3. The van der Waals surface area contributed by atoms with Crippen molar-refractivity contribution in [3.63, 3.8) is 0 Å². The van der Waals surface area contributed by atoms with E-state index in [0.717, 1.165) is 22.3 Å². The van der Waals surface area contributed by atoms with Crippen LogP contribution in [0.2, 0.25) is 0 Å². The first-order chi connectivity index (χ1) is 23.6. The molecule has 0 fully saturated rings. The van der Waals surface area contributed by atoms with Gasteiger partial charge in [0, 0.05) is 16.7 Å². The molecule has 0 aliphatic carbocycles. The van der Waals surface area contributed by atoms with Crippen LogP contribution in [0, 0.1) is 11.6 Å². The minimum absolute atomic E-state index is 0.163. The van der Waals surface area contributed by atoms with Crippen LogP contribution in [0.3, 0.4) is 0 Å². The highest BCUT2D eigenvalue weighted by Crippen LogP contribution is 2.56. The number of hydrogen-bond donors (Lipinski definition) is 1. The van der Waals surface area contributed by atoms with Crippen LogP contribution in [0.1, 0.15) is 33.4 Å². The number of benzene rings is 6. The van der Waals surface area contributed by atoms with Crippen LogP contribution < -0.4 is 5.32 Å². The molecule has 2 unspecified atom stereocenters. The van der Waals surface area contributed by atoms with Crippen molar-refractivity contribution in [2.24, 2.45) is 15.0 Å². The van der Waals surface area contributed by atoms with Gasteiger partial charge in [0.25, 0.3) is 0 Å². The Labute approximate surface area is 277 Å². The Bertz CT molecular complexity index is 2140. The minimum atomic E-state index is -1.81. The molecule has 6 heteroatoms. The van der Waals surface area contributed by atoms with Crippen LogP contribution in [-0.4, -0.2) is 17.6 Å². The van der Waals surface area contributed by atoms with E-state index in [4.69, 9.17) is 15.0 Å². The Morgan fingerprint density at radius 3 is 1.46 bits per heavy atom. The zero-order valence-electron chi connectivity index (χ0n) is 25.8. The molecule has 8 rings (SSSR count). The van der Waals surface area contributed by atoms with Gasteiger partial charge in [-0.3, -0.25) is 15.3 Å². The van der Waals surface area contributed by atoms with Crippen LogP contribution in [0.5, 0.6) is 0 Å². The SMILES string of the molecule is Fc1ccccc1C1(C2(c3ccccc3F)N=C(c3ccccc3)C(c3ccccc3)(c3ccccc3)N2)N=CC(c2ccccc2)=N1. The summed E-state index contributed by atoms with van der Waals surface area (Å²) in [5, 5.41) is 3.91. The third-order valence-electron chi connectivity index (χ3n) is 9.21. The van der Waals surface area contributed by atoms with Gasteiger partial charge in [-0.1, -0.05) is 158 Å². The van der Waals surface area contributed by atoms with E-state index < -0.39 is 28.5 Å². The predicted molar refractivity (Wildman–Crippen MR) is 187 cm³/mol. The van der Waals surface area contributed by atoms with Crippen molar-refractivity contribution in [3.05, 3.63) is 215 Å². The molecule has 48 heavy (non-hydrogen) atoms. The number of aliphatic imine (C=N–C) groups is 3. The quantitative estimate of drug-likeness (QED) is 0.189. The fourth-order valence-corrected chi connectivity index (χ4v) is 7.06. The molecule has 2 atom stereocenters. The molecule has 0 saturated carbocycles. The molecule has 2 aliphatic heterocycles. The molecule has 6 aromatic carbocycles. The molecule has 4 nitrogen and oxygen atoms in total. The lowest BCUT2D eigenvalue weighted by molar-refractivity contribution is 0.170. The molecule has 0 spiro atoms. The average molecular weight is 629 g/mol. The summed E-state index contributed by atoms with van der Waals surface area (Å²) in [5.74, 6) is -1.05. The zero-order chi connectivity index (χ0) is 32.6. The predicted octanol–water partition coefficient (Wildman–Crippen LogP) is 8.58. The minimum Gasteiger partial charge on any atom is -0.266 e. The van der Waals surface area contributed by atoms with E-state index in [1.165, 1.54) is 12.1 Å². The van der Waals surface area contributed by atoms with Crippen LogP contribution >= 0.6 is 0 Å². The molecular formula is C42H30F2N4. The van der Waals surface area contributed by atoms with Crippen LogP contribution in [0.4, 0.5) is 8.78 Å². The Balaban J connectivity index is 1.54. The molecule has 2 heterocycles. The fourth-order valence-electron chi connectivity index (χ4n) is 7.06. The highest BCUT2D eigenvalue weighted by molar-refractivity contribution is 6.39. The largest absolute Gasteiger partial charge is 0.266 e. The van der Waals surface area contributed by atoms with Crippen LogP contribution in [-0.2, 0) is 16.9 Å². The summed E-state index contributed by atoms with van der Waals surface area (Å²) in [7, 11) is 0. The maximum atomic E-state index is 16.6. The third kappa shape index (κ3) is 4.48. The maximum Gasteiger partial charge on any atom is 0.221 e. The van der Waals surface area contributed by atoms with E-state index in [2.05, 4.69) is 5.32 Å². The van der Waals surface area contributed by atoms with Gasteiger partial charge in [-0.25, -0.2) is 13.8 Å². The van der Waals surface area contributed by atoms with Gasteiger partial charge in [0.05, 0.1) is 17.6 Å². The number of nitrogens with zero attached hydrogens (tertiary/aromatic N) is 3. The van der Waals surface area contributed by atoms with Crippen molar-refractivity contribution in [2.45, 2.75) is 16.9 Å². The van der Waals surface area contributed by atoms with Crippen molar-refractivity contribution in [1.82, 2.24) is 5.32 Å². The van der Waals surface area contributed by atoms with Crippen molar-refractivity contribution in [2.75, 3.05) is 0 Å². The van der Waals surface area contributed by atoms with E-state index in [1.54, 1.807) is 42.6 Å². The summed E-state index contributed by atoms with van der Waals surface area (Å²) in [6.07, 6.45) is 1.65. The smallest absolute Gasteiger partial charge is 0.221 e. The number of rotatable bonds is 7. The highest BCUT2D eigenvalue weighted by atomic mass is 19.1. The summed E-state index contributed by atoms with van der Waals surface area (Å²) in [5.41, 5.74) is 0.112. The molecule has 6 aromatic rings. The van der Waals surface area contributed by atoms with Gasteiger partial charge in [-0.2, -0.15) is 0 Å². The number of hydrogen-bond acceptors (Lipinski definition) is 4. The van der Waals surface area contributed by atoms with Gasteiger partial charge in [-0.05, 0) is 28.8 Å². The summed E-state index contributed by atoms with van der Waals surface area (Å²) in [4.78, 5) is 16.0. The first-order valence-corrected chi connectivity index (χ1v) is 15.8. The molecule has 0 saturated heterocycles. The van der Waals surface area contributed by atoms with Gasteiger partial charge in [0.15, 0.2) is 5.66 Å². The molecular weight excluding hydrogens is 598 g/mol. The second-order valence-corrected chi connectivity index (χ2v) is 11.9. The van der Waals surface area contributed by atoms with Crippen LogP contribution in [0.25, 0.3) is 0 Å². The maximum absolute atomic E-state index is 16.6. The van der Waals surface area contributed by atoms with Gasteiger partial charge in [0.1, 0.15) is 17.2 Å². The van der Waals surface area contributed by atoms with Gasteiger partial charge in [-0.15, -0.1) is 0 Å². The van der Waals surface area contributed by atoms with Crippen LogP contribution in [0.15, 0.2) is 185 Å². The van der Waals surface area contributed by atoms with Gasteiger partial charge >= 0.3 is 0 Å². The monoisotopic (exact) mass is 628 g/mol. The lowest BCUT2D eigenvalue weighted by Crippen LogP contribution is -2.60. The summed E-state index contributed by atoms with van der Waals surface area (Å²) < 4.78 is 33.0. The van der Waals surface area contributed by atoms with Gasteiger partial charge in [0.2, 0.25) is 5.66 Å². The highest BCUT2D eigenvalue weighted by Gasteiger charge is 2.66. The van der Waals surface area contributed by atoms with Crippen molar-refractivity contribution in [1.29, 1.82) is 0 Å². The lowest BCUT2D eigenvalue weighted by atomic mass is 9.75. The standard InChI is InChI=1S/C42H30F2N4/c43-36-27-15-13-25-34(36)41(45-29-38(46-41)30-17-5-1-6-18-30)42(35-26-14-16-28-37(35)44)47-39(31-19-7-2-8-20-31)40(48-42,32-21-9-3-10-22-32)33-23-11-4-12-24-33/h1-29,48H. The third-order valence-corrected chi connectivity index (χ3v) is 9.21. The summed E-state index contributed by atoms with van der Waals surface area (Å²) in [6.45, 7) is 0. The fraction of sp³-hybridized carbons (Fsp3) is 0.0714. The Hall–Kier alpha value is -5.85. The summed E-state index contributed by atoms with van der Waals surface area (Å²) >= 11 is 0. The molecule has 0 aromatic heterocycles. The van der Waals surface area contributed by atoms with Crippen molar-refractivity contribution >= 4 is 17.6 Å².